The van der Waals surface area contributed by atoms with E-state index in [1.165, 1.54) is 11.9 Å². The molecule has 2 aliphatic rings. The maximum atomic E-state index is 12.5. The van der Waals surface area contributed by atoms with Crippen molar-refractivity contribution in [1.82, 2.24) is 4.90 Å². The van der Waals surface area contributed by atoms with Crippen LogP contribution in [0.1, 0.15) is 10.9 Å². The monoisotopic (exact) mass is 314 g/mol. The topological polar surface area (TPSA) is 49.9 Å². The Morgan fingerprint density at radius 2 is 1.82 bits per heavy atom. The predicted molar refractivity (Wildman–Crippen MR) is 82.1 cm³/mol. The van der Waals surface area contributed by atoms with Gasteiger partial charge in [-0.05, 0) is 23.6 Å². The van der Waals surface area contributed by atoms with Gasteiger partial charge in [0.15, 0.2) is 6.10 Å². The zero-order valence-corrected chi connectivity index (χ0v) is 12.7. The molecule has 6 heteroatoms. The minimum absolute atomic E-state index is 0.174. The molecule has 0 N–H and O–H groups in total. The van der Waals surface area contributed by atoms with Gasteiger partial charge in [-0.15, -0.1) is 11.3 Å². The van der Waals surface area contributed by atoms with Crippen molar-refractivity contribution in [3.8, 4) is 0 Å². The third-order valence-electron chi connectivity index (χ3n) is 4.18. The normalized spacial score (nSPS) is 27.6. The molecule has 1 aromatic heterocycles. The number of nitrogens with zero attached hydrogens (tertiary/aromatic N) is 2. The average molecular weight is 314 g/mol. The Balaban J connectivity index is 1.80. The Bertz CT molecular complexity index is 716. The van der Waals surface area contributed by atoms with Crippen LogP contribution in [0.3, 0.4) is 0 Å². The van der Waals surface area contributed by atoms with Crippen LogP contribution >= 0.6 is 11.3 Å². The number of rotatable bonds is 2. The van der Waals surface area contributed by atoms with Crippen molar-refractivity contribution in [3.05, 3.63) is 52.7 Å². The summed E-state index contributed by atoms with van der Waals surface area (Å²) in [6.45, 7) is 0. The molecule has 0 bridgehead atoms. The van der Waals surface area contributed by atoms with Gasteiger partial charge in [0.2, 0.25) is 5.91 Å². The number of para-hydroxylation sites is 1. The van der Waals surface area contributed by atoms with Gasteiger partial charge in [-0.25, -0.2) is 5.06 Å². The van der Waals surface area contributed by atoms with Crippen LogP contribution in [-0.2, 0) is 14.4 Å². The smallest absolute Gasteiger partial charge is 0.261 e. The molecule has 0 spiro atoms. The molecule has 2 aromatic rings. The van der Waals surface area contributed by atoms with E-state index in [0.717, 1.165) is 10.6 Å². The Labute approximate surface area is 131 Å². The van der Waals surface area contributed by atoms with Crippen molar-refractivity contribution in [1.29, 1.82) is 0 Å². The highest BCUT2D eigenvalue weighted by atomic mass is 32.1. The lowest BCUT2D eigenvalue weighted by molar-refractivity contribution is -0.141. The molecule has 0 radical (unpaired) electrons. The van der Waals surface area contributed by atoms with Crippen molar-refractivity contribution in [3.63, 3.8) is 0 Å². The molecule has 4 rings (SSSR count). The van der Waals surface area contributed by atoms with Gasteiger partial charge in [0.1, 0.15) is 12.0 Å². The molecule has 0 unspecified atom stereocenters. The van der Waals surface area contributed by atoms with Gasteiger partial charge in [-0.1, -0.05) is 24.3 Å². The van der Waals surface area contributed by atoms with Crippen molar-refractivity contribution in [2.24, 2.45) is 5.92 Å². The van der Waals surface area contributed by atoms with E-state index in [9.17, 15) is 9.59 Å². The summed E-state index contributed by atoms with van der Waals surface area (Å²) in [4.78, 5) is 32.8. The number of likely N-dealkylation sites (N-methyl/N-ethyl adjacent to an activating group) is 1. The molecule has 1 aromatic carbocycles. The van der Waals surface area contributed by atoms with E-state index < -0.39 is 12.0 Å². The number of hydroxylamine groups is 1. The summed E-state index contributed by atoms with van der Waals surface area (Å²) >= 11 is 1.57. The van der Waals surface area contributed by atoms with Crippen LogP contribution in [-0.4, -0.2) is 29.9 Å². The first kappa shape index (κ1) is 13.5. The molecule has 2 saturated heterocycles. The van der Waals surface area contributed by atoms with Crippen LogP contribution < -0.4 is 5.06 Å². The van der Waals surface area contributed by atoms with E-state index in [1.54, 1.807) is 16.4 Å². The van der Waals surface area contributed by atoms with Gasteiger partial charge in [0.25, 0.3) is 5.91 Å². The summed E-state index contributed by atoms with van der Waals surface area (Å²) in [5.41, 5.74) is 0.846. The summed E-state index contributed by atoms with van der Waals surface area (Å²) in [6, 6.07) is 13.2. The largest absolute Gasteiger partial charge is 0.283 e. The summed E-state index contributed by atoms with van der Waals surface area (Å²) in [7, 11) is 1.52. The SMILES string of the molecule is CN1C(=O)[C@H]2[C@H](ON(c3ccccc3)[C@@H]2c2cccs2)C1=O. The van der Waals surface area contributed by atoms with Crippen LogP contribution in [0, 0.1) is 5.92 Å². The van der Waals surface area contributed by atoms with E-state index >= 15 is 0 Å². The quantitative estimate of drug-likeness (QED) is 0.798. The fourth-order valence-corrected chi connectivity index (χ4v) is 3.95. The molecule has 112 valence electrons. The average Bonchev–Trinajstić information content (AvgIpc) is 3.23. The van der Waals surface area contributed by atoms with Crippen LogP contribution in [0.5, 0.6) is 0 Å². The molecule has 2 aliphatic heterocycles. The van der Waals surface area contributed by atoms with Gasteiger partial charge in [-0.3, -0.25) is 19.3 Å². The highest BCUT2D eigenvalue weighted by Gasteiger charge is 2.59. The third-order valence-corrected chi connectivity index (χ3v) is 5.12. The van der Waals surface area contributed by atoms with Crippen molar-refractivity contribution < 1.29 is 14.4 Å². The lowest BCUT2D eigenvalue weighted by atomic mass is 9.95. The number of carbonyl (C=O) groups is 2. The molecule has 0 aliphatic carbocycles. The van der Waals surface area contributed by atoms with Crippen LogP contribution in [0.2, 0.25) is 0 Å². The van der Waals surface area contributed by atoms with Crippen molar-refractivity contribution in [2.75, 3.05) is 12.1 Å². The Morgan fingerprint density at radius 3 is 2.50 bits per heavy atom. The summed E-state index contributed by atoms with van der Waals surface area (Å²) in [5, 5.41) is 3.68. The number of thiophene rings is 1. The third kappa shape index (κ3) is 1.81. The Kier molecular flexibility index (Phi) is 3.02. The van der Waals surface area contributed by atoms with E-state index in [2.05, 4.69) is 0 Å². The highest BCUT2D eigenvalue weighted by Crippen LogP contribution is 2.47. The maximum Gasteiger partial charge on any atom is 0.261 e. The van der Waals surface area contributed by atoms with E-state index in [1.807, 2.05) is 47.8 Å². The van der Waals surface area contributed by atoms with Crippen LogP contribution in [0.25, 0.3) is 0 Å². The first-order chi connectivity index (χ1) is 10.7. The fourth-order valence-electron chi connectivity index (χ4n) is 3.10. The molecule has 5 nitrogen and oxygen atoms in total. The Morgan fingerprint density at radius 1 is 1.05 bits per heavy atom. The molecular formula is C16H14N2O3S. The van der Waals surface area contributed by atoms with Crippen molar-refractivity contribution in [2.45, 2.75) is 12.1 Å². The summed E-state index contributed by atoms with van der Waals surface area (Å²) in [5.74, 6) is -0.932. The molecule has 22 heavy (non-hydrogen) atoms. The summed E-state index contributed by atoms with van der Waals surface area (Å²) in [6.07, 6.45) is -0.732. The number of imide groups is 1. The number of amides is 2. The minimum Gasteiger partial charge on any atom is -0.283 e. The second-order valence-electron chi connectivity index (χ2n) is 5.41. The zero-order chi connectivity index (χ0) is 15.3. The lowest BCUT2D eigenvalue weighted by Crippen LogP contribution is -2.34. The number of anilines is 1. The summed E-state index contributed by atoms with van der Waals surface area (Å²) < 4.78 is 0. The molecular weight excluding hydrogens is 300 g/mol. The number of benzene rings is 1. The number of likely N-dealkylation sites (tertiary alicyclic amines) is 1. The van der Waals surface area contributed by atoms with Gasteiger partial charge in [0, 0.05) is 11.9 Å². The van der Waals surface area contributed by atoms with Gasteiger partial charge < -0.3 is 0 Å². The van der Waals surface area contributed by atoms with Crippen molar-refractivity contribution >= 4 is 28.8 Å². The zero-order valence-electron chi connectivity index (χ0n) is 11.9. The number of hydrogen-bond acceptors (Lipinski definition) is 5. The number of carbonyl (C=O) groups excluding carboxylic acids is 2. The maximum absolute atomic E-state index is 12.5. The van der Waals surface area contributed by atoms with Crippen LogP contribution in [0.4, 0.5) is 5.69 Å². The second-order valence-corrected chi connectivity index (χ2v) is 6.39. The van der Waals surface area contributed by atoms with E-state index in [0.29, 0.717) is 0 Å². The minimum atomic E-state index is -0.732. The van der Waals surface area contributed by atoms with Gasteiger partial charge >= 0.3 is 0 Å². The second kappa shape index (κ2) is 4.93. The molecule has 3 heterocycles. The molecule has 2 amide bonds. The number of fused-ring (bicyclic) bond motifs is 1. The van der Waals surface area contributed by atoms with Gasteiger partial charge in [-0.2, -0.15) is 0 Å². The molecule has 2 fully saturated rings. The molecule has 3 atom stereocenters. The predicted octanol–water partition coefficient (Wildman–Crippen LogP) is 2.22. The first-order valence-electron chi connectivity index (χ1n) is 7.04. The van der Waals surface area contributed by atoms with Gasteiger partial charge in [0.05, 0.1) is 5.69 Å². The van der Waals surface area contributed by atoms with E-state index in [-0.39, 0.29) is 17.9 Å². The molecule has 0 saturated carbocycles. The first-order valence-corrected chi connectivity index (χ1v) is 7.92. The lowest BCUT2D eigenvalue weighted by Gasteiger charge is -2.26. The standard InChI is InChI=1S/C16H14N2O3S/c1-17-15(19)12-13(11-8-5-9-22-11)18(21-14(12)16(17)20)10-6-3-2-4-7-10/h2-9,12-14H,1H3/t12-,13-,14+/m1/s1. The fraction of sp³-hybridized carbons (Fsp3) is 0.250. The van der Waals surface area contributed by atoms with Crippen LogP contribution in [0.15, 0.2) is 47.8 Å². The Hall–Kier alpha value is -2.18. The highest BCUT2D eigenvalue weighted by molar-refractivity contribution is 7.10. The number of hydrogen-bond donors (Lipinski definition) is 0. The van der Waals surface area contributed by atoms with E-state index in [4.69, 9.17) is 4.84 Å².